The highest BCUT2D eigenvalue weighted by Gasteiger charge is 2.20. The van der Waals surface area contributed by atoms with Crippen LogP contribution in [0.5, 0.6) is 5.75 Å². The van der Waals surface area contributed by atoms with E-state index in [9.17, 15) is 9.59 Å². The standard InChI is InChI=1S/C20H19ClN2O5S/c1-13-9-14(27-11-18-22-15-5-3-4-6-17(15)29-18)7-8-16(13)23(20(25)26-2)12-28-19(24)10-21/h3-9H,10-12H2,1-2H3. The van der Waals surface area contributed by atoms with Crippen molar-refractivity contribution in [1.29, 1.82) is 0 Å². The third kappa shape index (κ3) is 5.16. The Morgan fingerprint density at radius 1 is 1.21 bits per heavy atom. The first-order chi connectivity index (χ1) is 14.0. The van der Waals surface area contributed by atoms with Gasteiger partial charge in [-0.15, -0.1) is 22.9 Å². The maximum absolute atomic E-state index is 12.1. The summed E-state index contributed by atoms with van der Waals surface area (Å²) in [5.74, 6) is -0.297. The Morgan fingerprint density at radius 3 is 2.69 bits per heavy atom. The van der Waals surface area contributed by atoms with E-state index in [2.05, 4.69) is 4.98 Å². The van der Waals surface area contributed by atoms with Gasteiger partial charge in [0.05, 0.1) is 23.0 Å². The van der Waals surface area contributed by atoms with Crippen molar-refractivity contribution in [3.05, 3.63) is 53.0 Å². The van der Waals surface area contributed by atoms with Crippen molar-refractivity contribution in [2.45, 2.75) is 13.5 Å². The molecule has 1 aromatic heterocycles. The summed E-state index contributed by atoms with van der Waals surface area (Å²) in [6, 6.07) is 13.1. The van der Waals surface area contributed by atoms with Crippen LogP contribution in [0.25, 0.3) is 10.2 Å². The van der Waals surface area contributed by atoms with E-state index in [-0.39, 0.29) is 12.6 Å². The van der Waals surface area contributed by atoms with Gasteiger partial charge in [0.1, 0.15) is 23.2 Å². The minimum Gasteiger partial charge on any atom is -0.486 e. The fraction of sp³-hybridized carbons (Fsp3) is 0.250. The van der Waals surface area contributed by atoms with Gasteiger partial charge < -0.3 is 14.2 Å². The molecule has 0 N–H and O–H groups in total. The molecule has 0 radical (unpaired) electrons. The number of esters is 1. The monoisotopic (exact) mass is 434 g/mol. The number of aromatic nitrogens is 1. The number of rotatable bonds is 7. The van der Waals surface area contributed by atoms with Gasteiger partial charge in [-0.2, -0.15) is 0 Å². The van der Waals surface area contributed by atoms with E-state index in [4.69, 9.17) is 25.8 Å². The Balaban J connectivity index is 1.71. The molecule has 0 atom stereocenters. The number of alkyl halides is 1. The number of anilines is 1. The molecule has 0 fully saturated rings. The first-order valence-electron chi connectivity index (χ1n) is 8.66. The fourth-order valence-corrected chi connectivity index (χ4v) is 3.61. The molecule has 3 aromatic rings. The molecule has 152 valence electrons. The van der Waals surface area contributed by atoms with Gasteiger partial charge in [-0.3, -0.25) is 4.79 Å². The summed E-state index contributed by atoms with van der Waals surface area (Å²) in [5.41, 5.74) is 2.23. The molecule has 3 rings (SSSR count). The maximum Gasteiger partial charge on any atom is 0.416 e. The fourth-order valence-electron chi connectivity index (χ4n) is 2.65. The lowest BCUT2D eigenvalue weighted by molar-refractivity contribution is -0.140. The van der Waals surface area contributed by atoms with E-state index in [1.807, 2.05) is 31.2 Å². The van der Waals surface area contributed by atoms with Gasteiger partial charge in [-0.05, 0) is 42.8 Å². The molecule has 0 spiro atoms. The highest BCUT2D eigenvalue weighted by Crippen LogP contribution is 2.27. The third-order valence-electron chi connectivity index (χ3n) is 4.02. The second-order valence-corrected chi connectivity index (χ2v) is 7.37. The zero-order chi connectivity index (χ0) is 20.8. The second kappa shape index (κ2) is 9.58. The molecule has 0 saturated heterocycles. The maximum atomic E-state index is 12.1. The lowest BCUT2D eigenvalue weighted by Crippen LogP contribution is -2.34. The van der Waals surface area contributed by atoms with Gasteiger partial charge in [-0.1, -0.05) is 12.1 Å². The van der Waals surface area contributed by atoms with Crippen LogP contribution in [-0.2, 0) is 20.9 Å². The van der Waals surface area contributed by atoms with Gasteiger partial charge in [-0.25, -0.2) is 14.7 Å². The number of para-hydroxylation sites is 1. The summed E-state index contributed by atoms with van der Waals surface area (Å²) in [7, 11) is 1.25. The number of hydrogen-bond acceptors (Lipinski definition) is 7. The van der Waals surface area contributed by atoms with Crippen LogP contribution in [0.4, 0.5) is 10.5 Å². The summed E-state index contributed by atoms with van der Waals surface area (Å²) in [6.45, 7) is 1.86. The number of thiazole rings is 1. The molecular weight excluding hydrogens is 416 g/mol. The number of nitrogens with zero attached hydrogens (tertiary/aromatic N) is 2. The number of hydrogen-bond donors (Lipinski definition) is 0. The van der Waals surface area contributed by atoms with Crippen LogP contribution < -0.4 is 9.64 Å². The molecule has 0 aliphatic carbocycles. The van der Waals surface area contributed by atoms with Crippen molar-refractivity contribution in [3.63, 3.8) is 0 Å². The number of benzene rings is 2. The lowest BCUT2D eigenvalue weighted by atomic mass is 10.2. The predicted octanol–water partition coefficient (Wildman–Crippen LogP) is 4.50. The van der Waals surface area contributed by atoms with E-state index >= 15 is 0 Å². The smallest absolute Gasteiger partial charge is 0.416 e. The Hall–Kier alpha value is -2.84. The van der Waals surface area contributed by atoms with Crippen molar-refractivity contribution >= 4 is 50.9 Å². The Labute approximate surface area is 176 Å². The highest BCUT2D eigenvalue weighted by molar-refractivity contribution is 7.18. The average Bonchev–Trinajstić information content (AvgIpc) is 3.16. The number of ether oxygens (including phenoxy) is 3. The minimum absolute atomic E-state index is 0.299. The van der Waals surface area contributed by atoms with E-state index < -0.39 is 12.1 Å². The van der Waals surface area contributed by atoms with Crippen molar-refractivity contribution in [3.8, 4) is 5.75 Å². The number of fused-ring (bicyclic) bond motifs is 1. The number of carbonyl (C=O) groups is 2. The van der Waals surface area contributed by atoms with E-state index in [0.717, 1.165) is 20.8 Å². The first kappa shape index (κ1) is 20.9. The summed E-state index contributed by atoms with van der Waals surface area (Å²) in [4.78, 5) is 29.2. The van der Waals surface area contributed by atoms with E-state index in [1.165, 1.54) is 12.0 Å². The van der Waals surface area contributed by atoms with E-state index in [0.29, 0.717) is 18.0 Å². The molecule has 2 aromatic carbocycles. The molecule has 9 heteroatoms. The summed E-state index contributed by atoms with van der Waals surface area (Å²) < 4.78 is 16.7. The minimum atomic E-state index is -0.654. The second-order valence-electron chi connectivity index (χ2n) is 5.99. The SMILES string of the molecule is COC(=O)N(COC(=O)CCl)c1ccc(OCc2nc3ccccc3s2)cc1C. The Morgan fingerprint density at radius 2 is 2.00 bits per heavy atom. The summed E-state index contributed by atoms with van der Waals surface area (Å²) in [5, 5.41) is 0.872. The molecule has 0 aliphatic heterocycles. The van der Waals surface area contributed by atoms with Crippen molar-refractivity contribution in [2.75, 3.05) is 24.6 Å². The van der Waals surface area contributed by atoms with Gasteiger partial charge >= 0.3 is 12.1 Å². The van der Waals surface area contributed by atoms with Gasteiger partial charge in [0.15, 0.2) is 6.73 Å². The van der Waals surface area contributed by atoms with Gasteiger partial charge in [0, 0.05) is 0 Å². The van der Waals surface area contributed by atoms with Crippen molar-refractivity contribution in [2.24, 2.45) is 0 Å². The lowest BCUT2D eigenvalue weighted by Gasteiger charge is -2.22. The first-order valence-corrected chi connectivity index (χ1v) is 10.0. The number of methoxy groups -OCH3 is 1. The molecule has 1 amide bonds. The Bertz CT molecular complexity index is 990. The molecule has 0 unspecified atom stereocenters. The quantitative estimate of drug-likeness (QED) is 0.309. The van der Waals surface area contributed by atoms with Crippen LogP contribution in [-0.4, -0.2) is 36.8 Å². The molecule has 0 aliphatic rings. The highest BCUT2D eigenvalue weighted by atomic mass is 35.5. The molecule has 29 heavy (non-hydrogen) atoms. The molecular formula is C20H19ClN2O5S. The van der Waals surface area contributed by atoms with E-state index in [1.54, 1.807) is 29.5 Å². The molecule has 0 bridgehead atoms. The third-order valence-corrected chi connectivity index (χ3v) is 5.25. The Kier molecular flexibility index (Phi) is 6.90. The number of halogens is 1. The molecule has 0 saturated carbocycles. The van der Waals surface area contributed by atoms with Crippen molar-refractivity contribution < 1.29 is 23.8 Å². The van der Waals surface area contributed by atoms with Crippen LogP contribution in [0.2, 0.25) is 0 Å². The number of carbonyl (C=O) groups excluding carboxylic acids is 2. The van der Waals surface area contributed by atoms with Crippen LogP contribution in [0, 0.1) is 6.92 Å². The topological polar surface area (TPSA) is 78.0 Å². The molecule has 1 heterocycles. The van der Waals surface area contributed by atoms with Crippen LogP contribution in [0.1, 0.15) is 10.6 Å². The number of aryl methyl sites for hydroxylation is 1. The van der Waals surface area contributed by atoms with Gasteiger partial charge in [0.25, 0.3) is 0 Å². The van der Waals surface area contributed by atoms with Crippen molar-refractivity contribution in [1.82, 2.24) is 4.98 Å². The predicted molar refractivity (Wildman–Crippen MR) is 112 cm³/mol. The summed E-state index contributed by atoms with van der Waals surface area (Å²) >= 11 is 7.01. The molecule has 7 nitrogen and oxygen atoms in total. The average molecular weight is 435 g/mol. The van der Waals surface area contributed by atoms with Crippen LogP contribution >= 0.6 is 22.9 Å². The zero-order valence-corrected chi connectivity index (χ0v) is 17.5. The zero-order valence-electron chi connectivity index (χ0n) is 15.9. The largest absolute Gasteiger partial charge is 0.486 e. The summed E-state index contributed by atoms with van der Waals surface area (Å²) in [6.07, 6.45) is -0.654. The normalized spacial score (nSPS) is 10.6. The number of amides is 1. The van der Waals surface area contributed by atoms with Gasteiger partial charge in [0.2, 0.25) is 0 Å². The van der Waals surface area contributed by atoms with Crippen LogP contribution in [0.3, 0.4) is 0 Å². The van der Waals surface area contributed by atoms with Crippen LogP contribution in [0.15, 0.2) is 42.5 Å².